The van der Waals surface area contributed by atoms with Gasteiger partial charge in [-0.2, -0.15) is 8.78 Å². The van der Waals surface area contributed by atoms with Crippen LogP contribution in [0.4, 0.5) is 14.5 Å². The van der Waals surface area contributed by atoms with Crippen molar-refractivity contribution >= 4 is 11.6 Å². The van der Waals surface area contributed by atoms with E-state index >= 15 is 0 Å². The molecule has 0 aromatic heterocycles. The number of aliphatic hydroxyl groups excluding tert-OH is 1. The maximum Gasteiger partial charge on any atom is 0.387 e. The minimum atomic E-state index is -2.93. The van der Waals surface area contributed by atoms with Gasteiger partial charge in [-0.15, -0.1) is 0 Å². The Morgan fingerprint density at radius 2 is 2.29 bits per heavy atom. The van der Waals surface area contributed by atoms with Crippen molar-refractivity contribution in [2.75, 3.05) is 11.6 Å². The molecule has 1 heterocycles. The Hall–Kier alpha value is -1.73. The Labute approximate surface area is 95.2 Å². The van der Waals surface area contributed by atoms with Gasteiger partial charge in [-0.25, -0.2) is 0 Å². The van der Waals surface area contributed by atoms with Crippen LogP contribution >= 0.6 is 0 Å². The lowest BCUT2D eigenvalue weighted by atomic mass is 10.3. The number of alkyl halides is 2. The molecule has 0 aliphatic carbocycles. The van der Waals surface area contributed by atoms with Gasteiger partial charge in [-0.3, -0.25) is 9.69 Å². The highest BCUT2D eigenvalue weighted by Crippen LogP contribution is 2.25. The summed E-state index contributed by atoms with van der Waals surface area (Å²) in [6.45, 7) is -3.06. The maximum absolute atomic E-state index is 12.0. The van der Waals surface area contributed by atoms with Crippen molar-refractivity contribution in [2.24, 2.45) is 0 Å². The van der Waals surface area contributed by atoms with Crippen LogP contribution in [0.15, 0.2) is 24.3 Å². The van der Waals surface area contributed by atoms with E-state index in [1.54, 1.807) is 0 Å². The molecule has 1 aromatic rings. The first-order valence-electron chi connectivity index (χ1n) is 4.74. The van der Waals surface area contributed by atoms with Crippen molar-refractivity contribution in [1.29, 1.82) is 0 Å². The zero-order chi connectivity index (χ0) is 12.4. The number of carbonyl (C=O) groups excluding carboxylic acids is 1. The highest BCUT2D eigenvalue weighted by molar-refractivity contribution is 5.97. The molecule has 1 aliphatic rings. The normalized spacial score (nSPS) is 20.1. The quantitative estimate of drug-likeness (QED) is 0.860. The molecule has 0 radical (unpaired) electrons. The van der Waals surface area contributed by atoms with Crippen molar-refractivity contribution in [3.05, 3.63) is 24.3 Å². The molecule has 2 rings (SSSR count). The van der Waals surface area contributed by atoms with E-state index in [0.29, 0.717) is 5.69 Å². The molecule has 0 bridgehead atoms. The summed E-state index contributed by atoms with van der Waals surface area (Å²) in [6.07, 6.45) is -1.50. The van der Waals surface area contributed by atoms with Crippen LogP contribution < -0.4 is 9.64 Å². The second kappa shape index (κ2) is 4.64. The Bertz CT molecular complexity index is 427. The standard InChI is InChI=1S/C10H9F2NO4/c11-10(12)17-7-3-1-2-6(4-7)13-5-16-9(15)8(13)14/h1-4,9-10,15H,5H2. The molecule has 7 heteroatoms. The van der Waals surface area contributed by atoms with E-state index in [4.69, 9.17) is 9.84 Å². The summed E-state index contributed by atoms with van der Waals surface area (Å²) < 4.78 is 32.9. The predicted octanol–water partition coefficient (Wildman–Crippen LogP) is 0.927. The van der Waals surface area contributed by atoms with Gasteiger partial charge >= 0.3 is 6.61 Å². The molecule has 0 spiro atoms. The van der Waals surface area contributed by atoms with Crippen LogP contribution in [0.3, 0.4) is 0 Å². The smallest absolute Gasteiger partial charge is 0.387 e. The summed E-state index contributed by atoms with van der Waals surface area (Å²) in [5.41, 5.74) is 0.324. The molecule has 1 atom stereocenters. The number of carbonyl (C=O) groups is 1. The van der Waals surface area contributed by atoms with Gasteiger partial charge in [0.1, 0.15) is 12.5 Å². The van der Waals surface area contributed by atoms with E-state index in [0.717, 1.165) is 4.90 Å². The van der Waals surface area contributed by atoms with Gasteiger partial charge in [0.05, 0.1) is 0 Å². The van der Waals surface area contributed by atoms with E-state index < -0.39 is 18.8 Å². The van der Waals surface area contributed by atoms with Crippen molar-refractivity contribution in [2.45, 2.75) is 12.9 Å². The predicted molar refractivity (Wildman–Crippen MR) is 52.5 cm³/mol. The lowest BCUT2D eigenvalue weighted by Crippen LogP contribution is -2.29. The van der Waals surface area contributed by atoms with Gasteiger partial charge < -0.3 is 14.6 Å². The molecule has 1 aromatic carbocycles. The summed E-state index contributed by atoms with van der Waals surface area (Å²) in [5, 5.41) is 9.08. The number of rotatable bonds is 3. The highest BCUT2D eigenvalue weighted by atomic mass is 19.3. The van der Waals surface area contributed by atoms with Crippen molar-refractivity contribution < 1.29 is 28.2 Å². The zero-order valence-corrected chi connectivity index (χ0v) is 8.55. The van der Waals surface area contributed by atoms with Crippen molar-refractivity contribution in [1.82, 2.24) is 0 Å². The summed E-state index contributed by atoms with van der Waals surface area (Å²) in [5.74, 6) is -0.703. The van der Waals surface area contributed by atoms with Gasteiger partial charge in [-0.1, -0.05) is 6.07 Å². The van der Waals surface area contributed by atoms with Crippen LogP contribution in [0.5, 0.6) is 5.75 Å². The van der Waals surface area contributed by atoms with Crippen LogP contribution in [0.25, 0.3) is 0 Å². The molecule has 17 heavy (non-hydrogen) atoms. The van der Waals surface area contributed by atoms with Crippen LogP contribution in [-0.2, 0) is 9.53 Å². The fourth-order valence-corrected chi connectivity index (χ4v) is 1.44. The lowest BCUT2D eigenvalue weighted by molar-refractivity contribution is -0.139. The third-order valence-electron chi connectivity index (χ3n) is 2.19. The first-order valence-corrected chi connectivity index (χ1v) is 4.74. The number of hydrogen-bond acceptors (Lipinski definition) is 4. The number of halogens is 2. The molecule has 0 saturated carbocycles. The number of ether oxygens (including phenoxy) is 2. The first-order chi connectivity index (χ1) is 8.08. The maximum atomic E-state index is 12.0. The topological polar surface area (TPSA) is 59.0 Å². The SMILES string of the molecule is O=C1C(O)OCN1c1cccc(OC(F)F)c1. The van der Waals surface area contributed by atoms with Crippen LogP contribution in [-0.4, -0.2) is 30.6 Å². The molecular weight excluding hydrogens is 236 g/mol. The summed E-state index contributed by atoms with van der Waals surface area (Å²) in [7, 11) is 0. The van der Waals surface area contributed by atoms with Gasteiger partial charge in [0.15, 0.2) is 0 Å². The van der Waals surface area contributed by atoms with Crippen molar-refractivity contribution in [3.63, 3.8) is 0 Å². The van der Waals surface area contributed by atoms with E-state index in [1.165, 1.54) is 24.3 Å². The fourth-order valence-electron chi connectivity index (χ4n) is 1.44. The minimum absolute atomic E-state index is 0.0633. The van der Waals surface area contributed by atoms with E-state index in [-0.39, 0.29) is 12.5 Å². The van der Waals surface area contributed by atoms with Gasteiger partial charge in [0.25, 0.3) is 5.91 Å². The fraction of sp³-hybridized carbons (Fsp3) is 0.300. The molecule has 1 saturated heterocycles. The third-order valence-corrected chi connectivity index (χ3v) is 2.19. The molecule has 1 amide bonds. The average Bonchev–Trinajstić information content (AvgIpc) is 2.59. The Balaban J connectivity index is 2.19. The van der Waals surface area contributed by atoms with Crippen LogP contribution in [0.1, 0.15) is 0 Å². The monoisotopic (exact) mass is 245 g/mol. The minimum Gasteiger partial charge on any atom is -0.435 e. The number of hydrogen-bond donors (Lipinski definition) is 1. The average molecular weight is 245 g/mol. The molecule has 1 N–H and O–H groups in total. The van der Waals surface area contributed by atoms with Crippen LogP contribution in [0.2, 0.25) is 0 Å². The molecule has 1 unspecified atom stereocenters. The number of aliphatic hydroxyl groups is 1. The van der Waals surface area contributed by atoms with E-state index in [2.05, 4.69) is 4.74 Å². The molecule has 1 aliphatic heterocycles. The largest absolute Gasteiger partial charge is 0.435 e. The number of amides is 1. The Kier molecular flexibility index (Phi) is 3.21. The van der Waals surface area contributed by atoms with Gasteiger partial charge in [0, 0.05) is 11.8 Å². The molecule has 5 nitrogen and oxygen atoms in total. The lowest BCUT2D eigenvalue weighted by Gasteiger charge is -2.14. The Morgan fingerprint density at radius 3 is 2.88 bits per heavy atom. The second-order valence-electron chi connectivity index (χ2n) is 3.29. The summed E-state index contributed by atoms with van der Waals surface area (Å²) in [6, 6.07) is 5.60. The van der Waals surface area contributed by atoms with Crippen LogP contribution in [0, 0.1) is 0 Å². The van der Waals surface area contributed by atoms with Gasteiger partial charge in [0.2, 0.25) is 6.29 Å². The van der Waals surface area contributed by atoms with E-state index in [9.17, 15) is 13.6 Å². The Morgan fingerprint density at radius 1 is 1.53 bits per heavy atom. The molecular formula is C10H9F2NO4. The summed E-state index contributed by atoms with van der Waals surface area (Å²) in [4.78, 5) is 12.5. The molecule has 92 valence electrons. The number of benzene rings is 1. The number of nitrogens with zero attached hydrogens (tertiary/aromatic N) is 1. The zero-order valence-electron chi connectivity index (χ0n) is 8.55. The third kappa shape index (κ3) is 2.51. The molecule has 1 fully saturated rings. The highest BCUT2D eigenvalue weighted by Gasteiger charge is 2.31. The van der Waals surface area contributed by atoms with E-state index in [1.807, 2.05) is 0 Å². The van der Waals surface area contributed by atoms with Crippen molar-refractivity contribution in [3.8, 4) is 5.75 Å². The first kappa shape index (κ1) is 11.7. The van der Waals surface area contributed by atoms with Gasteiger partial charge in [-0.05, 0) is 12.1 Å². The second-order valence-corrected chi connectivity index (χ2v) is 3.29. The summed E-state index contributed by atoms with van der Waals surface area (Å²) >= 11 is 0. The number of anilines is 1.